The molecule has 1 rings (SSSR count). The van der Waals surface area contributed by atoms with Crippen molar-refractivity contribution in [1.82, 2.24) is 4.31 Å². The molecule has 0 aliphatic heterocycles. The van der Waals surface area contributed by atoms with Crippen LogP contribution in [0.5, 0.6) is 0 Å². The predicted octanol–water partition coefficient (Wildman–Crippen LogP) is 1.62. The number of furan rings is 1. The Morgan fingerprint density at radius 3 is 2.67 bits per heavy atom. The molecule has 0 saturated carbocycles. The van der Waals surface area contributed by atoms with Gasteiger partial charge in [0, 0.05) is 6.54 Å². The molecule has 0 spiro atoms. The maximum atomic E-state index is 11.4. The van der Waals surface area contributed by atoms with Crippen molar-refractivity contribution in [1.29, 1.82) is 0 Å². The van der Waals surface area contributed by atoms with E-state index in [1.54, 1.807) is 19.1 Å². The van der Waals surface area contributed by atoms with Gasteiger partial charge < -0.3 is 4.42 Å². The Labute approximate surface area is 90.2 Å². The summed E-state index contributed by atoms with van der Waals surface area (Å²) >= 11 is 0. The lowest BCUT2D eigenvalue weighted by molar-refractivity contribution is 0.384. The third-order valence-electron chi connectivity index (χ3n) is 1.83. The first-order valence-corrected chi connectivity index (χ1v) is 6.36. The van der Waals surface area contributed by atoms with E-state index < -0.39 is 10.0 Å². The minimum absolute atomic E-state index is 0.249. The lowest BCUT2D eigenvalue weighted by atomic mass is 10.3. The van der Waals surface area contributed by atoms with Crippen molar-refractivity contribution in [2.45, 2.75) is 13.5 Å². The van der Waals surface area contributed by atoms with Gasteiger partial charge in [0.05, 0.1) is 19.1 Å². The molecule has 0 aromatic carbocycles. The Morgan fingerprint density at radius 2 is 2.27 bits per heavy atom. The van der Waals surface area contributed by atoms with Crippen LogP contribution in [0.4, 0.5) is 0 Å². The SMILES string of the molecule is C=C(C)CN(Cc1ccco1)S(C)(=O)=O. The summed E-state index contributed by atoms with van der Waals surface area (Å²) in [5.41, 5.74) is 0.798. The molecular formula is C10H15NO3S. The second-order valence-corrected chi connectivity index (χ2v) is 5.55. The Morgan fingerprint density at radius 1 is 1.60 bits per heavy atom. The van der Waals surface area contributed by atoms with Crippen LogP contribution in [0.3, 0.4) is 0 Å². The van der Waals surface area contributed by atoms with Crippen LogP contribution in [0.2, 0.25) is 0 Å². The highest BCUT2D eigenvalue weighted by molar-refractivity contribution is 7.88. The van der Waals surface area contributed by atoms with E-state index in [-0.39, 0.29) is 6.54 Å². The van der Waals surface area contributed by atoms with Gasteiger partial charge >= 0.3 is 0 Å². The monoisotopic (exact) mass is 229 g/mol. The zero-order valence-corrected chi connectivity index (χ0v) is 9.75. The molecule has 0 bridgehead atoms. The second kappa shape index (κ2) is 4.63. The number of rotatable bonds is 5. The fraction of sp³-hybridized carbons (Fsp3) is 0.400. The molecule has 0 fully saturated rings. The lowest BCUT2D eigenvalue weighted by Crippen LogP contribution is -2.30. The van der Waals surface area contributed by atoms with Gasteiger partial charge in [-0.2, -0.15) is 4.31 Å². The summed E-state index contributed by atoms with van der Waals surface area (Å²) in [4.78, 5) is 0. The Kier molecular flexibility index (Phi) is 3.71. The van der Waals surface area contributed by atoms with E-state index in [0.29, 0.717) is 12.3 Å². The lowest BCUT2D eigenvalue weighted by Gasteiger charge is -2.18. The predicted molar refractivity (Wildman–Crippen MR) is 58.8 cm³/mol. The molecule has 84 valence electrons. The molecular weight excluding hydrogens is 214 g/mol. The van der Waals surface area contributed by atoms with Crippen molar-refractivity contribution in [2.75, 3.05) is 12.8 Å². The first-order valence-electron chi connectivity index (χ1n) is 4.51. The molecule has 0 radical (unpaired) electrons. The summed E-state index contributed by atoms with van der Waals surface area (Å²) in [7, 11) is -3.22. The van der Waals surface area contributed by atoms with Gasteiger partial charge in [0.1, 0.15) is 5.76 Å². The first-order chi connectivity index (χ1) is 6.89. The molecule has 1 aromatic heterocycles. The van der Waals surface area contributed by atoms with Crippen LogP contribution in [0.25, 0.3) is 0 Å². The zero-order valence-electron chi connectivity index (χ0n) is 8.93. The molecule has 0 saturated heterocycles. The number of nitrogens with zero attached hydrogens (tertiary/aromatic N) is 1. The van der Waals surface area contributed by atoms with Gasteiger partial charge in [-0.3, -0.25) is 0 Å². The maximum absolute atomic E-state index is 11.4. The Bertz CT molecular complexity index is 420. The molecule has 0 unspecified atom stereocenters. The summed E-state index contributed by atoms with van der Waals surface area (Å²) in [6.07, 6.45) is 2.70. The Hall–Kier alpha value is -1.07. The minimum atomic E-state index is -3.22. The van der Waals surface area contributed by atoms with E-state index in [0.717, 1.165) is 5.57 Å². The van der Waals surface area contributed by atoms with Crippen molar-refractivity contribution < 1.29 is 12.8 Å². The summed E-state index contributed by atoms with van der Waals surface area (Å²) in [5.74, 6) is 0.627. The van der Waals surface area contributed by atoms with E-state index in [4.69, 9.17) is 4.42 Å². The molecule has 0 aliphatic rings. The van der Waals surface area contributed by atoms with Crippen LogP contribution in [0, 0.1) is 0 Å². The molecule has 5 heteroatoms. The highest BCUT2D eigenvalue weighted by atomic mass is 32.2. The van der Waals surface area contributed by atoms with Gasteiger partial charge in [0.2, 0.25) is 10.0 Å². The number of hydrogen-bond acceptors (Lipinski definition) is 3. The second-order valence-electron chi connectivity index (χ2n) is 3.57. The standard InChI is InChI=1S/C10H15NO3S/c1-9(2)7-11(15(3,12)13)8-10-5-4-6-14-10/h4-6H,1,7-8H2,2-3H3. The fourth-order valence-corrected chi connectivity index (χ4v) is 1.98. The molecule has 0 amide bonds. The summed E-state index contributed by atoms with van der Waals surface area (Å²) in [6, 6.07) is 3.48. The highest BCUT2D eigenvalue weighted by Crippen LogP contribution is 2.10. The van der Waals surface area contributed by atoms with Crippen molar-refractivity contribution in [3.8, 4) is 0 Å². The average Bonchev–Trinajstić information content (AvgIpc) is 2.53. The van der Waals surface area contributed by atoms with E-state index in [2.05, 4.69) is 6.58 Å². The van der Waals surface area contributed by atoms with Gasteiger partial charge in [-0.25, -0.2) is 8.42 Å². The third-order valence-corrected chi connectivity index (χ3v) is 3.02. The van der Waals surface area contributed by atoms with Crippen LogP contribution < -0.4 is 0 Å². The molecule has 0 aliphatic carbocycles. The fourth-order valence-electron chi connectivity index (χ4n) is 1.17. The van der Waals surface area contributed by atoms with Gasteiger partial charge in [0.25, 0.3) is 0 Å². The molecule has 15 heavy (non-hydrogen) atoms. The topological polar surface area (TPSA) is 50.5 Å². The largest absolute Gasteiger partial charge is 0.468 e. The molecule has 0 atom stereocenters. The van der Waals surface area contributed by atoms with E-state index in [1.165, 1.54) is 16.8 Å². The van der Waals surface area contributed by atoms with Crippen molar-refractivity contribution in [3.63, 3.8) is 0 Å². The summed E-state index contributed by atoms with van der Waals surface area (Å²) in [6.45, 7) is 6.06. The van der Waals surface area contributed by atoms with E-state index >= 15 is 0 Å². The molecule has 1 aromatic rings. The average molecular weight is 229 g/mol. The quantitative estimate of drug-likeness (QED) is 0.721. The van der Waals surface area contributed by atoms with Gasteiger partial charge in [-0.1, -0.05) is 12.2 Å². The van der Waals surface area contributed by atoms with Gasteiger partial charge in [-0.05, 0) is 19.1 Å². The van der Waals surface area contributed by atoms with Crippen molar-refractivity contribution in [3.05, 3.63) is 36.3 Å². The van der Waals surface area contributed by atoms with Crippen LogP contribution in [0.15, 0.2) is 35.0 Å². The zero-order chi connectivity index (χ0) is 11.5. The molecule has 0 N–H and O–H groups in total. The first kappa shape index (κ1) is 12.0. The van der Waals surface area contributed by atoms with E-state index in [1.807, 2.05) is 0 Å². The van der Waals surface area contributed by atoms with Gasteiger partial charge in [0.15, 0.2) is 0 Å². The highest BCUT2D eigenvalue weighted by Gasteiger charge is 2.17. The maximum Gasteiger partial charge on any atom is 0.211 e. The number of hydrogen-bond donors (Lipinski definition) is 0. The van der Waals surface area contributed by atoms with Gasteiger partial charge in [-0.15, -0.1) is 0 Å². The van der Waals surface area contributed by atoms with Crippen LogP contribution >= 0.6 is 0 Å². The third kappa shape index (κ3) is 3.89. The van der Waals surface area contributed by atoms with Crippen molar-refractivity contribution in [2.24, 2.45) is 0 Å². The summed E-state index contributed by atoms with van der Waals surface area (Å²) in [5, 5.41) is 0. The van der Waals surface area contributed by atoms with Crippen LogP contribution in [0.1, 0.15) is 12.7 Å². The van der Waals surface area contributed by atoms with E-state index in [9.17, 15) is 8.42 Å². The smallest absolute Gasteiger partial charge is 0.211 e. The molecule has 1 heterocycles. The van der Waals surface area contributed by atoms with Crippen LogP contribution in [-0.2, 0) is 16.6 Å². The van der Waals surface area contributed by atoms with Crippen LogP contribution in [-0.4, -0.2) is 25.5 Å². The minimum Gasteiger partial charge on any atom is -0.468 e. The summed E-state index contributed by atoms with van der Waals surface area (Å²) < 4.78 is 29.3. The normalized spacial score (nSPS) is 11.9. The Balaban J connectivity index is 2.79. The molecule has 4 nitrogen and oxygen atoms in total. The van der Waals surface area contributed by atoms with Crippen molar-refractivity contribution >= 4 is 10.0 Å². The number of sulfonamides is 1.